The summed E-state index contributed by atoms with van der Waals surface area (Å²) >= 11 is 0. The Bertz CT molecular complexity index is 845. The Labute approximate surface area is 151 Å². The number of hydrogen-bond donors (Lipinski definition) is 1. The standard InChI is InChI=1S/C19H21N3O4/c1-12-10-16(21-26-12)18(23)20-13-5-6-17-15(11-13)19(24)22-8-3-2-4-14(22)7-9-25-17/h5-6,10-11,14H,2-4,7-9H2,1H3,(H,20,23). The molecule has 2 aliphatic heterocycles. The Kier molecular flexibility index (Phi) is 4.36. The van der Waals surface area contributed by atoms with Crippen molar-refractivity contribution in [2.24, 2.45) is 0 Å². The molecule has 1 aromatic carbocycles. The van der Waals surface area contributed by atoms with Crippen LogP contribution in [-0.2, 0) is 0 Å². The van der Waals surface area contributed by atoms with E-state index in [2.05, 4.69) is 10.5 Å². The molecule has 0 spiro atoms. The number of fused-ring (bicyclic) bond motifs is 2. The van der Waals surface area contributed by atoms with E-state index >= 15 is 0 Å². The van der Waals surface area contributed by atoms with Gasteiger partial charge in [0.15, 0.2) is 5.69 Å². The lowest BCUT2D eigenvalue weighted by molar-refractivity contribution is 0.0548. The normalized spacial score (nSPS) is 19.7. The molecule has 0 aliphatic carbocycles. The van der Waals surface area contributed by atoms with Crippen molar-refractivity contribution in [2.75, 3.05) is 18.5 Å². The van der Waals surface area contributed by atoms with Crippen molar-refractivity contribution in [3.05, 3.63) is 41.3 Å². The lowest BCUT2D eigenvalue weighted by atomic mass is 9.97. The van der Waals surface area contributed by atoms with Gasteiger partial charge in [-0.25, -0.2) is 0 Å². The van der Waals surface area contributed by atoms with Crippen LogP contribution in [0.1, 0.15) is 52.3 Å². The highest BCUT2D eigenvalue weighted by Gasteiger charge is 2.31. The molecule has 1 atom stereocenters. The fourth-order valence-corrected chi connectivity index (χ4v) is 3.60. The smallest absolute Gasteiger partial charge is 0.277 e. The van der Waals surface area contributed by atoms with Crippen molar-refractivity contribution < 1.29 is 18.8 Å². The largest absolute Gasteiger partial charge is 0.493 e. The van der Waals surface area contributed by atoms with Gasteiger partial charge < -0.3 is 19.5 Å². The predicted molar refractivity (Wildman–Crippen MR) is 94.4 cm³/mol. The van der Waals surface area contributed by atoms with E-state index in [1.807, 2.05) is 4.90 Å². The number of nitrogens with zero attached hydrogens (tertiary/aromatic N) is 2. The summed E-state index contributed by atoms with van der Waals surface area (Å²) in [5.41, 5.74) is 1.22. The molecular formula is C19H21N3O4. The average molecular weight is 355 g/mol. The molecule has 7 heteroatoms. The Morgan fingerprint density at radius 2 is 2.15 bits per heavy atom. The fraction of sp³-hybridized carbons (Fsp3) is 0.421. The van der Waals surface area contributed by atoms with Gasteiger partial charge in [0.2, 0.25) is 0 Å². The monoisotopic (exact) mass is 355 g/mol. The Morgan fingerprint density at radius 1 is 1.27 bits per heavy atom. The quantitative estimate of drug-likeness (QED) is 0.895. The number of carbonyl (C=O) groups excluding carboxylic acids is 2. The van der Waals surface area contributed by atoms with E-state index in [1.54, 1.807) is 31.2 Å². The van der Waals surface area contributed by atoms with Crippen molar-refractivity contribution in [1.82, 2.24) is 10.1 Å². The highest BCUT2D eigenvalue weighted by atomic mass is 16.5. The molecule has 1 unspecified atom stereocenters. The Morgan fingerprint density at radius 3 is 2.96 bits per heavy atom. The molecule has 1 fully saturated rings. The van der Waals surface area contributed by atoms with Crippen LogP contribution in [0, 0.1) is 6.92 Å². The number of ether oxygens (including phenoxy) is 1. The molecule has 2 aliphatic rings. The number of benzene rings is 1. The molecule has 26 heavy (non-hydrogen) atoms. The van der Waals surface area contributed by atoms with Gasteiger partial charge >= 0.3 is 0 Å². The summed E-state index contributed by atoms with van der Waals surface area (Å²) in [5, 5.41) is 6.47. The topological polar surface area (TPSA) is 84.7 Å². The second-order valence-electron chi connectivity index (χ2n) is 6.77. The van der Waals surface area contributed by atoms with Gasteiger partial charge in [-0.1, -0.05) is 5.16 Å². The summed E-state index contributed by atoms with van der Waals surface area (Å²) < 4.78 is 10.7. The molecule has 4 rings (SSSR count). The van der Waals surface area contributed by atoms with Crippen LogP contribution in [0.5, 0.6) is 5.75 Å². The van der Waals surface area contributed by atoms with Crippen LogP contribution in [0.2, 0.25) is 0 Å². The number of amides is 2. The second-order valence-corrected chi connectivity index (χ2v) is 6.77. The molecule has 0 saturated carbocycles. The van der Waals surface area contributed by atoms with Crippen LogP contribution in [-0.4, -0.2) is 41.1 Å². The summed E-state index contributed by atoms with van der Waals surface area (Å²) in [6.07, 6.45) is 4.05. The lowest BCUT2D eigenvalue weighted by Crippen LogP contribution is -2.45. The van der Waals surface area contributed by atoms with Crippen molar-refractivity contribution in [3.63, 3.8) is 0 Å². The number of rotatable bonds is 2. The van der Waals surface area contributed by atoms with E-state index < -0.39 is 0 Å². The number of nitrogens with one attached hydrogen (secondary N) is 1. The zero-order valence-electron chi connectivity index (χ0n) is 14.7. The van der Waals surface area contributed by atoms with Crippen LogP contribution in [0.25, 0.3) is 0 Å². The molecular weight excluding hydrogens is 334 g/mol. The summed E-state index contributed by atoms with van der Waals surface area (Å²) in [5.74, 6) is 0.719. The first kappa shape index (κ1) is 16.6. The van der Waals surface area contributed by atoms with E-state index in [0.717, 1.165) is 32.2 Å². The third kappa shape index (κ3) is 3.16. The zero-order chi connectivity index (χ0) is 18.1. The number of piperidine rings is 1. The SMILES string of the molecule is Cc1cc(C(=O)Nc2ccc3c(c2)C(=O)N2CCCCC2CCO3)no1. The van der Waals surface area contributed by atoms with Gasteiger partial charge in [0.05, 0.1) is 12.2 Å². The van der Waals surface area contributed by atoms with Crippen molar-refractivity contribution in [1.29, 1.82) is 0 Å². The molecule has 0 radical (unpaired) electrons. The second kappa shape index (κ2) is 6.82. The summed E-state index contributed by atoms with van der Waals surface area (Å²) in [6, 6.07) is 6.95. The molecule has 1 aromatic heterocycles. The van der Waals surface area contributed by atoms with Gasteiger partial charge in [0.1, 0.15) is 11.5 Å². The minimum Gasteiger partial charge on any atom is -0.493 e. The molecule has 0 bridgehead atoms. The highest BCUT2D eigenvalue weighted by Crippen LogP contribution is 2.31. The summed E-state index contributed by atoms with van der Waals surface area (Å²) in [4.78, 5) is 27.3. The van der Waals surface area contributed by atoms with Crippen LogP contribution >= 0.6 is 0 Å². The van der Waals surface area contributed by atoms with Crippen molar-refractivity contribution in [2.45, 2.75) is 38.6 Å². The van der Waals surface area contributed by atoms with E-state index in [4.69, 9.17) is 9.26 Å². The maximum Gasteiger partial charge on any atom is 0.277 e. The Hall–Kier alpha value is -2.83. The molecule has 2 aromatic rings. The van der Waals surface area contributed by atoms with Gasteiger partial charge in [0.25, 0.3) is 11.8 Å². The minimum atomic E-state index is -0.378. The first-order chi connectivity index (χ1) is 12.6. The fourth-order valence-electron chi connectivity index (χ4n) is 3.60. The molecule has 1 saturated heterocycles. The summed E-state index contributed by atoms with van der Waals surface area (Å²) in [6.45, 7) is 3.09. The summed E-state index contributed by atoms with van der Waals surface area (Å²) in [7, 11) is 0. The number of anilines is 1. The zero-order valence-corrected chi connectivity index (χ0v) is 14.7. The van der Waals surface area contributed by atoms with Crippen LogP contribution < -0.4 is 10.1 Å². The number of aromatic nitrogens is 1. The molecule has 136 valence electrons. The predicted octanol–water partition coefficient (Wildman–Crippen LogP) is 3.01. The van der Waals surface area contributed by atoms with Crippen molar-refractivity contribution >= 4 is 17.5 Å². The lowest BCUT2D eigenvalue weighted by Gasteiger charge is -2.37. The molecule has 1 N–H and O–H groups in total. The third-order valence-electron chi connectivity index (χ3n) is 4.93. The highest BCUT2D eigenvalue weighted by molar-refractivity contribution is 6.04. The van der Waals surface area contributed by atoms with E-state index in [9.17, 15) is 9.59 Å². The molecule has 3 heterocycles. The van der Waals surface area contributed by atoms with Gasteiger partial charge in [0, 0.05) is 30.8 Å². The van der Waals surface area contributed by atoms with Gasteiger partial charge in [-0.3, -0.25) is 9.59 Å². The molecule has 2 amide bonds. The van der Waals surface area contributed by atoms with Crippen LogP contribution in [0.3, 0.4) is 0 Å². The van der Waals surface area contributed by atoms with Gasteiger partial charge in [-0.2, -0.15) is 0 Å². The third-order valence-corrected chi connectivity index (χ3v) is 4.93. The van der Waals surface area contributed by atoms with E-state index in [0.29, 0.717) is 29.4 Å². The van der Waals surface area contributed by atoms with E-state index in [1.165, 1.54) is 0 Å². The Balaban J connectivity index is 1.60. The average Bonchev–Trinajstić information content (AvgIpc) is 3.08. The maximum atomic E-state index is 13.0. The first-order valence-electron chi connectivity index (χ1n) is 8.94. The first-order valence-corrected chi connectivity index (χ1v) is 8.94. The van der Waals surface area contributed by atoms with Crippen LogP contribution in [0.15, 0.2) is 28.8 Å². The van der Waals surface area contributed by atoms with Gasteiger partial charge in [-0.15, -0.1) is 0 Å². The van der Waals surface area contributed by atoms with Crippen molar-refractivity contribution in [3.8, 4) is 5.75 Å². The van der Waals surface area contributed by atoms with Crippen LogP contribution in [0.4, 0.5) is 5.69 Å². The van der Waals surface area contributed by atoms with E-state index in [-0.39, 0.29) is 23.6 Å². The minimum absolute atomic E-state index is 0.0298. The number of aryl methyl sites for hydroxylation is 1. The number of hydrogen-bond acceptors (Lipinski definition) is 5. The maximum absolute atomic E-state index is 13.0. The molecule has 7 nitrogen and oxygen atoms in total. The van der Waals surface area contributed by atoms with Gasteiger partial charge in [-0.05, 0) is 44.4 Å². The number of carbonyl (C=O) groups is 2.